The number of hydrogen-bond donors (Lipinski definition) is 0. The molecule has 0 radical (unpaired) electrons. The van der Waals surface area contributed by atoms with Crippen LogP contribution in [0.1, 0.15) is 12.5 Å². The summed E-state index contributed by atoms with van der Waals surface area (Å²) < 4.78 is 7.33. The van der Waals surface area contributed by atoms with Crippen molar-refractivity contribution in [3.63, 3.8) is 0 Å². The summed E-state index contributed by atoms with van der Waals surface area (Å²) in [4.78, 5) is 17.1. The largest absolute Gasteiger partial charge is 0.383 e. The summed E-state index contributed by atoms with van der Waals surface area (Å²) in [6, 6.07) is 8.67. The Hall–Kier alpha value is -1.85. The van der Waals surface area contributed by atoms with Crippen LogP contribution in [0.4, 0.5) is 0 Å². The van der Waals surface area contributed by atoms with E-state index in [-0.39, 0.29) is 5.91 Å². The number of ether oxygens (including phenoxy) is 1. The van der Waals surface area contributed by atoms with Crippen molar-refractivity contribution < 1.29 is 9.53 Å². The molecule has 1 aromatic heterocycles. The molecular weight excluding hydrogens is 302 g/mol. The van der Waals surface area contributed by atoms with Gasteiger partial charge in [0.2, 0.25) is 5.91 Å². The third kappa shape index (κ3) is 3.47. The number of methoxy groups -OCH3 is 1. The highest BCUT2D eigenvalue weighted by Gasteiger charge is 2.24. The highest BCUT2D eigenvalue weighted by molar-refractivity contribution is 5.89. The Morgan fingerprint density at radius 2 is 1.92 bits per heavy atom. The van der Waals surface area contributed by atoms with Gasteiger partial charge in [-0.05, 0) is 18.6 Å². The Labute approximate surface area is 143 Å². The second-order valence-electron chi connectivity index (χ2n) is 6.68. The molecule has 1 aliphatic rings. The van der Waals surface area contributed by atoms with Gasteiger partial charge >= 0.3 is 0 Å². The molecule has 1 atom stereocenters. The molecule has 1 aromatic carbocycles. The number of aryl methyl sites for hydroxylation is 1. The van der Waals surface area contributed by atoms with Crippen molar-refractivity contribution in [1.29, 1.82) is 0 Å². The topological polar surface area (TPSA) is 37.7 Å². The van der Waals surface area contributed by atoms with Crippen molar-refractivity contribution in [2.45, 2.75) is 19.4 Å². The second-order valence-corrected chi connectivity index (χ2v) is 6.68. The molecule has 1 amide bonds. The quantitative estimate of drug-likeness (QED) is 0.841. The lowest BCUT2D eigenvalue weighted by Gasteiger charge is -2.37. The lowest BCUT2D eigenvalue weighted by Crippen LogP contribution is -2.52. The fourth-order valence-corrected chi connectivity index (χ4v) is 3.60. The van der Waals surface area contributed by atoms with Crippen molar-refractivity contribution in [2.75, 3.05) is 39.9 Å². The van der Waals surface area contributed by atoms with Crippen LogP contribution in [0.15, 0.2) is 30.5 Å². The average molecular weight is 329 g/mol. The van der Waals surface area contributed by atoms with Crippen LogP contribution < -0.4 is 0 Å². The van der Waals surface area contributed by atoms with Crippen molar-refractivity contribution in [2.24, 2.45) is 7.05 Å². The molecule has 0 saturated carbocycles. The van der Waals surface area contributed by atoms with Crippen molar-refractivity contribution in [3.8, 4) is 0 Å². The van der Waals surface area contributed by atoms with Gasteiger partial charge in [-0.3, -0.25) is 9.69 Å². The first-order valence-electron chi connectivity index (χ1n) is 8.64. The Bertz CT molecular complexity index is 702. The summed E-state index contributed by atoms with van der Waals surface area (Å²) in [6.07, 6.45) is 2.56. The van der Waals surface area contributed by atoms with Gasteiger partial charge in [-0.2, -0.15) is 0 Å². The molecule has 0 N–H and O–H groups in total. The molecule has 5 nitrogen and oxygen atoms in total. The van der Waals surface area contributed by atoms with Gasteiger partial charge in [0.15, 0.2) is 0 Å². The molecule has 0 aliphatic carbocycles. The van der Waals surface area contributed by atoms with Crippen LogP contribution in [0.25, 0.3) is 10.9 Å². The number of rotatable bonds is 5. The normalized spacial score (nSPS) is 17.4. The van der Waals surface area contributed by atoms with Crippen LogP contribution in [-0.2, 0) is 23.0 Å². The molecule has 130 valence electrons. The summed E-state index contributed by atoms with van der Waals surface area (Å²) in [5.74, 6) is 0.227. The lowest BCUT2D eigenvalue weighted by atomic mass is 10.1. The number of aromatic nitrogens is 1. The number of piperazine rings is 1. The van der Waals surface area contributed by atoms with E-state index >= 15 is 0 Å². The maximum atomic E-state index is 12.7. The van der Waals surface area contributed by atoms with Gasteiger partial charge in [-0.1, -0.05) is 18.2 Å². The molecule has 2 heterocycles. The zero-order valence-corrected chi connectivity index (χ0v) is 14.9. The predicted molar refractivity (Wildman–Crippen MR) is 96.1 cm³/mol. The van der Waals surface area contributed by atoms with E-state index in [2.05, 4.69) is 34.7 Å². The first-order chi connectivity index (χ1) is 11.6. The number of carbonyl (C=O) groups is 1. The van der Waals surface area contributed by atoms with Gasteiger partial charge in [-0.15, -0.1) is 0 Å². The van der Waals surface area contributed by atoms with E-state index in [0.717, 1.165) is 38.3 Å². The number of benzene rings is 1. The molecule has 5 heteroatoms. The van der Waals surface area contributed by atoms with Gasteiger partial charge in [0.1, 0.15) is 0 Å². The van der Waals surface area contributed by atoms with Crippen molar-refractivity contribution >= 4 is 16.8 Å². The zero-order chi connectivity index (χ0) is 17.1. The van der Waals surface area contributed by atoms with Crippen molar-refractivity contribution in [3.05, 3.63) is 36.0 Å². The van der Waals surface area contributed by atoms with Crippen LogP contribution >= 0.6 is 0 Å². The maximum Gasteiger partial charge on any atom is 0.227 e. The maximum absolute atomic E-state index is 12.7. The van der Waals surface area contributed by atoms with Gasteiger partial charge in [0, 0.05) is 63.5 Å². The first-order valence-corrected chi connectivity index (χ1v) is 8.64. The van der Waals surface area contributed by atoms with E-state index in [1.807, 2.05) is 24.1 Å². The number of nitrogens with zero attached hydrogens (tertiary/aromatic N) is 3. The van der Waals surface area contributed by atoms with E-state index in [1.54, 1.807) is 7.11 Å². The summed E-state index contributed by atoms with van der Waals surface area (Å²) in [7, 11) is 3.77. The summed E-state index contributed by atoms with van der Waals surface area (Å²) >= 11 is 0. The van der Waals surface area contributed by atoms with Crippen LogP contribution in [0.2, 0.25) is 0 Å². The smallest absolute Gasteiger partial charge is 0.227 e. The van der Waals surface area contributed by atoms with Gasteiger partial charge < -0.3 is 14.2 Å². The summed E-state index contributed by atoms with van der Waals surface area (Å²) in [6.45, 7) is 6.37. The fourth-order valence-electron chi connectivity index (χ4n) is 3.60. The van der Waals surface area contributed by atoms with E-state index in [9.17, 15) is 4.79 Å². The van der Waals surface area contributed by atoms with Gasteiger partial charge in [0.05, 0.1) is 13.0 Å². The molecule has 1 aliphatic heterocycles. The highest BCUT2D eigenvalue weighted by atomic mass is 16.5. The molecule has 1 saturated heterocycles. The Morgan fingerprint density at radius 3 is 2.62 bits per heavy atom. The minimum absolute atomic E-state index is 0.227. The lowest BCUT2D eigenvalue weighted by molar-refractivity contribution is -0.132. The molecule has 24 heavy (non-hydrogen) atoms. The fraction of sp³-hybridized carbons (Fsp3) is 0.526. The Balaban J connectivity index is 1.62. The third-order valence-electron chi connectivity index (χ3n) is 5.02. The standard InChI is InChI=1S/C19H27N3O2/c1-15(14-24-3)21-8-10-22(11-9-21)19(23)12-16-13-20(2)18-7-5-4-6-17(16)18/h4-7,13,15H,8-12,14H2,1-3H3/t15-/m1/s1. The minimum Gasteiger partial charge on any atom is -0.383 e. The van der Waals surface area contributed by atoms with E-state index in [0.29, 0.717) is 12.5 Å². The zero-order valence-electron chi connectivity index (χ0n) is 14.9. The SMILES string of the molecule is COC[C@@H](C)N1CCN(C(=O)Cc2cn(C)c3ccccc23)CC1. The molecule has 0 spiro atoms. The molecule has 0 unspecified atom stereocenters. The van der Waals surface area contributed by atoms with E-state index < -0.39 is 0 Å². The average Bonchev–Trinajstić information content (AvgIpc) is 2.91. The number of carbonyl (C=O) groups excluding carboxylic acids is 1. The minimum atomic E-state index is 0.227. The Morgan fingerprint density at radius 1 is 1.21 bits per heavy atom. The number of hydrogen-bond acceptors (Lipinski definition) is 3. The molecule has 2 aromatic rings. The second kappa shape index (κ2) is 7.36. The summed E-state index contributed by atoms with van der Waals surface area (Å²) in [5, 5.41) is 1.18. The third-order valence-corrected chi connectivity index (χ3v) is 5.02. The van der Waals surface area contributed by atoms with Crippen LogP contribution in [0.5, 0.6) is 0 Å². The first kappa shape index (κ1) is 17.0. The van der Waals surface area contributed by atoms with Gasteiger partial charge in [-0.25, -0.2) is 0 Å². The van der Waals surface area contributed by atoms with Crippen LogP contribution in [-0.4, -0.2) is 66.2 Å². The Kier molecular flexibility index (Phi) is 5.21. The highest BCUT2D eigenvalue weighted by Crippen LogP contribution is 2.21. The number of amides is 1. The molecular formula is C19H27N3O2. The number of para-hydroxylation sites is 1. The van der Waals surface area contributed by atoms with Crippen molar-refractivity contribution in [1.82, 2.24) is 14.4 Å². The van der Waals surface area contributed by atoms with E-state index in [1.165, 1.54) is 10.9 Å². The molecule has 1 fully saturated rings. The van der Waals surface area contributed by atoms with Gasteiger partial charge in [0.25, 0.3) is 0 Å². The number of fused-ring (bicyclic) bond motifs is 1. The van der Waals surface area contributed by atoms with E-state index in [4.69, 9.17) is 4.74 Å². The molecule has 3 rings (SSSR count). The summed E-state index contributed by atoms with van der Waals surface area (Å²) in [5.41, 5.74) is 2.30. The predicted octanol–water partition coefficient (Wildman–Crippen LogP) is 1.90. The van der Waals surface area contributed by atoms with Crippen LogP contribution in [0, 0.1) is 0 Å². The monoisotopic (exact) mass is 329 g/mol. The van der Waals surface area contributed by atoms with Crippen LogP contribution in [0.3, 0.4) is 0 Å². The molecule has 0 bridgehead atoms.